The quantitative estimate of drug-likeness (QED) is 0.711. The van der Waals surface area contributed by atoms with Gasteiger partial charge in [0, 0.05) is 18.3 Å². The Bertz CT molecular complexity index is 320. The van der Waals surface area contributed by atoms with Gasteiger partial charge in [-0.15, -0.1) is 6.58 Å². The van der Waals surface area contributed by atoms with Crippen molar-refractivity contribution >= 4 is 0 Å². The Kier molecular flexibility index (Phi) is 5.79. The van der Waals surface area contributed by atoms with E-state index in [1.54, 1.807) is 0 Å². The smallest absolute Gasteiger partial charge is 0.0544 e. The van der Waals surface area contributed by atoms with E-state index >= 15 is 0 Å². The Morgan fingerprint density at radius 1 is 1.50 bits per heavy atom. The molecule has 0 amide bonds. The van der Waals surface area contributed by atoms with Crippen LogP contribution in [0.3, 0.4) is 0 Å². The van der Waals surface area contributed by atoms with Crippen molar-refractivity contribution in [1.29, 1.82) is 0 Å². The second-order valence-electron chi connectivity index (χ2n) is 4.12. The van der Waals surface area contributed by atoms with Gasteiger partial charge in [0.15, 0.2) is 0 Å². The van der Waals surface area contributed by atoms with Crippen LogP contribution in [0.25, 0.3) is 0 Å². The van der Waals surface area contributed by atoms with Crippen molar-refractivity contribution < 1.29 is 0 Å². The predicted octanol–water partition coefficient (Wildman–Crippen LogP) is 3.22. The van der Waals surface area contributed by atoms with Crippen LogP contribution in [0, 0.1) is 6.92 Å². The molecule has 16 heavy (non-hydrogen) atoms. The van der Waals surface area contributed by atoms with E-state index in [2.05, 4.69) is 35.9 Å². The molecule has 0 aliphatic heterocycles. The molecule has 0 bridgehead atoms. The van der Waals surface area contributed by atoms with Crippen LogP contribution in [-0.2, 0) is 6.54 Å². The summed E-state index contributed by atoms with van der Waals surface area (Å²) in [6.45, 7) is 8.85. The highest BCUT2D eigenvalue weighted by atomic mass is 14.9. The Morgan fingerprint density at radius 2 is 2.31 bits per heavy atom. The van der Waals surface area contributed by atoms with Crippen LogP contribution in [0.2, 0.25) is 0 Å². The molecule has 1 heterocycles. The number of nitrogens with one attached hydrogen (secondary N) is 1. The number of allylic oxidation sites excluding steroid dienone is 1. The Hall–Kier alpha value is -1.15. The van der Waals surface area contributed by atoms with Gasteiger partial charge in [0.05, 0.1) is 5.69 Å². The molecule has 2 nitrogen and oxygen atoms in total. The Balaban J connectivity index is 2.39. The lowest BCUT2D eigenvalue weighted by Gasteiger charge is -2.15. The number of aromatic nitrogens is 1. The van der Waals surface area contributed by atoms with Crippen molar-refractivity contribution in [2.45, 2.75) is 45.7 Å². The van der Waals surface area contributed by atoms with Crippen LogP contribution in [0.5, 0.6) is 0 Å². The van der Waals surface area contributed by atoms with Crippen LogP contribution in [0.4, 0.5) is 0 Å². The lowest BCUT2D eigenvalue weighted by atomic mass is 10.1. The molecular weight excluding hydrogens is 196 g/mol. The summed E-state index contributed by atoms with van der Waals surface area (Å²) < 4.78 is 0. The molecular formula is C14H22N2. The van der Waals surface area contributed by atoms with Crippen LogP contribution in [0.1, 0.15) is 37.6 Å². The predicted molar refractivity (Wildman–Crippen MR) is 69.3 cm³/mol. The number of aryl methyl sites for hydroxylation is 1. The van der Waals surface area contributed by atoms with E-state index in [1.165, 1.54) is 0 Å². The average molecular weight is 218 g/mol. The molecule has 1 aromatic rings. The maximum atomic E-state index is 4.48. The molecule has 0 fully saturated rings. The first-order valence-electron chi connectivity index (χ1n) is 6.03. The average Bonchev–Trinajstić information content (AvgIpc) is 2.29. The summed E-state index contributed by atoms with van der Waals surface area (Å²) >= 11 is 0. The maximum absolute atomic E-state index is 4.48. The number of hydrogen-bond donors (Lipinski definition) is 1. The van der Waals surface area contributed by atoms with Crippen LogP contribution < -0.4 is 5.32 Å². The molecule has 0 aliphatic carbocycles. The number of pyridine rings is 1. The highest BCUT2D eigenvalue weighted by Crippen LogP contribution is 2.04. The van der Waals surface area contributed by atoms with E-state index in [4.69, 9.17) is 0 Å². The van der Waals surface area contributed by atoms with Gasteiger partial charge in [-0.2, -0.15) is 0 Å². The molecule has 0 saturated heterocycles. The van der Waals surface area contributed by atoms with Crippen molar-refractivity contribution in [2.24, 2.45) is 0 Å². The first-order chi connectivity index (χ1) is 7.76. The molecule has 1 unspecified atom stereocenters. The molecule has 0 radical (unpaired) electrons. The van der Waals surface area contributed by atoms with Gasteiger partial charge in [-0.05, 0) is 38.3 Å². The third kappa shape index (κ3) is 4.58. The van der Waals surface area contributed by atoms with E-state index in [0.717, 1.165) is 37.2 Å². The molecule has 2 heteroatoms. The van der Waals surface area contributed by atoms with E-state index in [-0.39, 0.29) is 0 Å². The maximum Gasteiger partial charge on any atom is 0.0544 e. The fourth-order valence-corrected chi connectivity index (χ4v) is 1.72. The van der Waals surface area contributed by atoms with Gasteiger partial charge >= 0.3 is 0 Å². The zero-order chi connectivity index (χ0) is 11.8. The largest absolute Gasteiger partial charge is 0.308 e. The summed E-state index contributed by atoms with van der Waals surface area (Å²) in [7, 11) is 0. The SMILES string of the molecule is C=CCCC(CC)NCc1cccc(C)n1. The minimum absolute atomic E-state index is 0.570. The third-order valence-electron chi connectivity index (χ3n) is 2.73. The fraction of sp³-hybridized carbons (Fsp3) is 0.500. The van der Waals surface area contributed by atoms with Gasteiger partial charge in [0.1, 0.15) is 0 Å². The van der Waals surface area contributed by atoms with Gasteiger partial charge in [-0.3, -0.25) is 4.98 Å². The Labute approximate surface area is 98.8 Å². The first kappa shape index (κ1) is 12.9. The molecule has 0 aliphatic rings. The van der Waals surface area contributed by atoms with Gasteiger partial charge in [-0.25, -0.2) is 0 Å². The van der Waals surface area contributed by atoms with E-state index in [0.29, 0.717) is 6.04 Å². The molecule has 1 rings (SSSR count). The van der Waals surface area contributed by atoms with Crippen LogP contribution in [-0.4, -0.2) is 11.0 Å². The normalized spacial score (nSPS) is 12.4. The first-order valence-corrected chi connectivity index (χ1v) is 6.03. The number of rotatable bonds is 7. The van der Waals surface area contributed by atoms with E-state index in [1.807, 2.05) is 19.1 Å². The second kappa shape index (κ2) is 7.18. The Morgan fingerprint density at radius 3 is 2.94 bits per heavy atom. The molecule has 1 atom stereocenters. The van der Waals surface area contributed by atoms with Gasteiger partial charge < -0.3 is 5.32 Å². The zero-order valence-corrected chi connectivity index (χ0v) is 10.4. The van der Waals surface area contributed by atoms with Gasteiger partial charge in [0.25, 0.3) is 0 Å². The summed E-state index contributed by atoms with van der Waals surface area (Å²) in [5.41, 5.74) is 2.20. The van der Waals surface area contributed by atoms with Crippen molar-refractivity contribution in [3.63, 3.8) is 0 Å². The highest BCUT2D eigenvalue weighted by molar-refractivity contribution is 5.09. The standard InChI is InChI=1S/C14H22N2/c1-4-6-9-13(5-2)15-11-14-10-7-8-12(3)16-14/h4,7-8,10,13,15H,1,5-6,9,11H2,2-3H3. The number of hydrogen-bond acceptors (Lipinski definition) is 2. The highest BCUT2D eigenvalue weighted by Gasteiger charge is 2.04. The summed E-state index contributed by atoms with van der Waals surface area (Å²) in [6, 6.07) is 6.73. The second-order valence-corrected chi connectivity index (χ2v) is 4.12. The van der Waals surface area contributed by atoms with Crippen molar-refractivity contribution in [3.05, 3.63) is 42.2 Å². The topological polar surface area (TPSA) is 24.9 Å². The molecule has 0 spiro atoms. The molecule has 1 aromatic heterocycles. The minimum atomic E-state index is 0.570. The number of nitrogens with zero attached hydrogens (tertiary/aromatic N) is 1. The molecule has 88 valence electrons. The van der Waals surface area contributed by atoms with Crippen LogP contribution >= 0.6 is 0 Å². The summed E-state index contributed by atoms with van der Waals surface area (Å²) in [4.78, 5) is 4.48. The summed E-state index contributed by atoms with van der Waals surface area (Å²) in [5.74, 6) is 0. The minimum Gasteiger partial charge on any atom is -0.308 e. The summed E-state index contributed by atoms with van der Waals surface area (Å²) in [5, 5.41) is 3.54. The van der Waals surface area contributed by atoms with Crippen molar-refractivity contribution in [3.8, 4) is 0 Å². The van der Waals surface area contributed by atoms with E-state index in [9.17, 15) is 0 Å². The fourth-order valence-electron chi connectivity index (χ4n) is 1.72. The van der Waals surface area contributed by atoms with Crippen LogP contribution in [0.15, 0.2) is 30.9 Å². The summed E-state index contributed by atoms with van der Waals surface area (Å²) in [6.07, 6.45) is 5.37. The van der Waals surface area contributed by atoms with Crippen molar-refractivity contribution in [2.75, 3.05) is 0 Å². The van der Waals surface area contributed by atoms with Gasteiger partial charge in [-0.1, -0.05) is 19.1 Å². The van der Waals surface area contributed by atoms with Crippen molar-refractivity contribution in [1.82, 2.24) is 10.3 Å². The molecule has 1 N–H and O–H groups in total. The zero-order valence-electron chi connectivity index (χ0n) is 10.4. The van der Waals surface area contributed by atoms with E-state index < -0.39 is 0 Å². The van der Waals surface area contributed by atoms with Gasteiger partial charge in [0.2, 0.25) is 0 Å². The third-order valence-corrected chi connectivity index (χ3v) is 2.73. The lowest BCUT2D eigenvalue weighted by Crippen LogP contribution is -2.28. The molecule has 0 aromatic carbocycles. The lowest BCUT2D eigenvalue weighted by molar-refractivity contribution is 0.467. The molecule has 0 saturated carbocycles. The monoisotopic (exact) mass is 218 g/mol.